The van der Waals surface area contributed by atoms with E-state index in [1.165, 1.54) is 13.0 Å². The Morgan fingerprint density at radius 2 is 1.75 bits per heavy atom. The van der Waals surface area contributed by atoms with Crippen LogP contribution in [0.15, 0.2) is 42.5 Å². The molecule has 1 N–H and O–H groups in total. The van der Waals surface area contributed by atoms with Gasteiger partial charge in [0.25, 0.3) is 5.91 Å². The number of halogens is 2. The lowest BCUT2D eigenvalue weighted by atomic mass is 9.80. The van der Waals surface area contributed by atoms with Crippen molar-refractivity contribution in [1.82, 2.24) is 10.2 Å². The number of para-hydroxylation sites is 1. The third-order valence-electron chi connectivity index (χ3n) is 5.11. The van der Waals surface area contributed by atoms with Crippen LogP contribution in [0.2, 0.25) is 0 Å². The number of carbonyl (C=O) groups excluding carboxylic acids is 2. The van der Waals surface area contributed by atoms with Crippen molar-refractivity contribution in [3.05, 3.63) is 65.2 Å². The molecule has 0 aliphatic carbocycles. The molecule has 2 amide bonds. The third-order valence-corrected chi connectivity index (χ3v) is 5.11. The fourth-order valence-electron chi connectivity index (χ4n) is 3.74. The normalized spacial score (nSPS) is 15.8. The monoisotopic (exact) mass is 388 g/mol. The Hall–Kier alpha value is -2.96. The van der Waals surface area contributed by atoms with E-state index in [2.05, 4.69) is 5.32 Å². The average Bonchev–Trinajstić information content (AvgIpc) is 2.69. The van der Waals surface area contributed by atoms with E-state index in [9.17, 15) is 18.4 Å². The number of hydrogen-bond acceptors (Lipinski definition) is 3. The van der Waals surface area contributed by atoms with Gasteiger partial charge in [-0.15, -0.1) is 0 Å². The number of carbonyl (C=O) groups is 2. The molecule has 148 valence electrons. The van der Waals surface area contributed by atoms with Gasteiger partial charge in [-0.3, -0.25) is 9.59 Å². The summed E-state index contributed by atoms with van der Waals surface area (Å²) in [6.45, 7) is 2.17. The molecule has 1 aliphatic heterocycles. The maximum absolute atomic E-state index is 13.5. The third kappa shape index (κ3) is 3.83. The topological polar surface area (TPSA) is 58.6 Å². The fourth-order valence-corrected chi connectivity index (χ4v) is 3.74. The highest BCUT2D eigenvalue weighted by Crippen LogP contribution is 2.38. The molecule has 1 saturated heterocycles. The number of nitrogens with one attached hydrogen (secondary N) is 1. The van der Waals surface area contributed by atoms with Gasteiger partial charge >= 0.3 is 0 Å². The van der Waals surface area contributed by atoms with Crippen molar-refractivity contribution in [1.29, 1.82) is 0 Å². The van der Waals surface area contributed by atoms with Crippen molar-refractivity contribution in [3.63, 3.8) is 0 Å². The summed E-state index contributed by atoms with van der Waals surface area (Å²) in [6.07, 6.45) is 0.949. The van der Waals surface area contributed by atoms with Crippen molar-refractivity contribution in [2.24, 2.45) is 0 Å². The molecule has 0 aromatic heterocycles. The zero-order valence-corrected chi connectivity index (χ0v) is 15.8. The quantitative estimate of drug-likeness (QED) is 0.875. The standard InChI is InChI=1S/C21H22F2N2O3/c1-14(26)24-21(16-5-3-4-6-19(16)28-2)9-11-25(12-10-21)20(27)15-7-8-17(22)18(23)13-15/h3-8,13H,9-12H2,1-2H3,(H,24,26). The van der Waals surface area contributed by atoms with Crippen LogP contribution in [0.1, 0.15) is 35.7 Å². The van der Waals surface area contributed by atoms with Gasteiger partial charge in [-0.2, -0.15) is 0 Å². The Morgan fingerprint density at radius 1 is 1.07 bits per heavy atom. The van der Waals surface area contributed by atoms with Gasteiger partial charge in [0.05, 0.1) is 12.6 Å². The first-order valence-corrected chi connectivity index (χ1v) is 9.03. The number of rotatable bonds is 4. The van der Waals surface area contributed by atoms with Gasteiger partial charge in [-0.05, 0) is 37.1 Å². The molecule has 1 aliphatic rings. The van der Waals surface area contributed by atoms with Gasteiger partial charge in [0, 0.05) is 31.1 Å². The molecule has 1 heterocycles. The van der Waals surface area contributed by atoms with Crippen molar-refractivity contribution in [2.75, 3.05) is 20.2 Å². The molecule has 28 heavy (non-hydrogen) atoms. The summed E-state index contributed by atoms with van der Waals surface area (Å²) in [7, 11) is 1.57. The van der Waals surface area contributed by atoms with Gasteiger partial charge in [-0.25, -0.2) is 8.78 Å². The minimum atomic E-state index is -1.05. The van der Waals surface area contributed by atoms with Crippen LogP contribution in [0, 0.1) is 11.6 Å². The van der Waals surface area contributed by atoms with Gasteiger partial charge in [0.2, 0.25) is 5.91 Å². The summed E-state index contributed by atoms with van der Waals surface area (Å²) >= 11 is 0. The first kappa shape index (κ1) is 19.8. The number of piperidine rings is 1. The average molecular weight is 388 g/mol. The van der Waals surface area contributed by atoms with Gasteiger partial charge in [0.1, 0.15) is 5.75 Å². The predicted molar refractivity (Wildman–Crippen MR) is 100.0 cm³/mol. The molecule has 2 aromatic rings. The molecular weight excluding hydrogens is 366 g/mol. The first-order chi connectivity index (χ1) is 13.4. The first-order valence-electron chi connectivity index (χ1n) is 9.03. The van der Waals surface area contributed by atoms with Crippen LogP contribution in [0.5, 0.6) is 5.75 Å². The van der Waals surface area contributed by atoms with Crippen molar-refractivity contribution < 1.29 is 23.1 Å². The van der Waals surface area contributed by atoms with Gasteiger partial charge in [0.15, 0.2) is 11.6 Å². The summed E-state index contributed by atoms with van der Waals surface area (Å²) in [5, 5.41) is 3.04. The number of hydrogen-bond donors (Lipinski definition) is 1. The fraction of sp³-hybridized carbons (Fsp3) is 0.333. The maximum atomic E-state index is 13.5. The summed E-state index contributed by atoms with van der Waals surface area (Å²) < 4.78 is 32.1. The molecule has 0 atom stereocenters. The summed E-state index contributed by atoms with van der Waals surface area (Å²) in [5.74, 6) is -1.92. The SMILES string of the molecule is COc1ccccc1C1(NC(C)=O)CCN(C(=O)c2ccc(F)c(F)c2)CC1. The van der Waals surface area contributed by atoms with Crippen molar-refractivity contribution in [3.8, 4) is 5.75 Å². The lowest BCUT2D eigenvalue weighted by Crippen LogP contribution is -2.53. The molecule has 5 nitrogen and oxygen atoms in total. The molecule has 0 bridgehead atoms. The summed E-state index contributed by atoms with van der Waals surface area (Å²) in [6, 6.07) is 10.6. The second kappa shape index (κ2) is 7.96. The summed E-state index contributed by atoms with van der Waals surface area (Å²) in [5.41, 5.74) is 0.291. The van der Waals surface area contributed by atoms with Crippen LogP contribution in [0.25, 0.3) is 0 Å². The maximum Gasteiger partial charge on any atom is 0.253 e. The highest BCUT2D eigenvalue weighted by atomic mass is 19.2. The van der Waals surface area contributed by atoms with Crippen LogP contribution in [0.4, 0.5) is 8.78 Å². The molecule has 0 unspecified atom stereocenters. The second-order valence-electron chi connectivity index (χ2n) is 6.88. The Morgan fingerprint density at radius 3 is 2.36 bits per heavy atom. The number of likely N-dealkylation sites (tertiary alicyclic amines) is 1. The number of amides is 2. The second-order valence-corrected chi connectivity index (χ2v) is 6.88. The molecule has 0 spiro atoms. The van der Waals surface area contributed by atoms with Crippen LogP contribution < -0.4 is 10.1 Å². The largest absolute Gasteiger partial charge is 0.496 e. The van der Waals surface area contributed by atoms with E-state index in [4.69, 9.17) is 4.74 Å². The lowest BCUT2D eigenvalue weighted by molar-refractivity contribution is -0.121. The molecule has 1 fully saturated rings. The number of methoxy groups -OCH3 is 1. The predicted octanol–water partition coefficient (Wildman–Crippen LogP) is 3.24. The van der Waals surface area contributed by atoms with Crippen LogP contribution in [-0.2, 0) is 10.3 Å². The molecule has 3 rings (SSSR count). The highest BCUT2D eigenvalue weighted by molar-refractivity contribution is 5.94. The molecule has 0 saturated carbocycles. The van der Waals surface area contributed by atoms with Gasteiger partial charge in [-0.1, -0.05) is 18.2 Å². The number of ether oxygens (including phenoxy) is 1. The van der Waals surface area contributed by atoms with E-state index in [1.807, 2.05) is 24.3 Å². The molecule has 7 heteroatoms. The van der Waals surface area contributed by atoms with E-state index in [0.29, 0.717) is 31.7 Å². The Balaban J connectivity index is 1.84. The Kier molecular flexibility index (Phi) is 5.63. The Bertz CT molecular complexity index is 893. The zero-order chi connectivity index (χ0) is 20.3. The smallest absolute Gasteiger partial charge is 0.253 e. The van der Waals surface area contributed by atoms with Crippen LogP contribution >= 0.6 is 0 Å². The Labute approximate surface area is 162 Å². The zero-order valence-electron chi connectivity index (χ0n) is 15.8. The minimum absolute atomic E-state index is 0.100. The highest BCUT2D eigenvalue weighted by Gasteiger charge is 2.40. The number of benzene rings is 2. The molecule has 2 aromatic carbocycles. The van der Waals surface area contributed by atoms with Crippen molar-refractivity contribution in [2.45, 2.75) is 25.3 Å². The number of nitrogens with zero attached hydrogens (tertiary/aromatic N) is 1. The van der Waals surface area contributed by atoms with E-state index in [-0.39, 0.29) is 17.4 Å². The minimum Gasteiger partial charge on any atom is -0.496 e. The van der Waals surface area contributed by atoms with E-state index in [0.717, 1.165) is 17.7 Å². The van der Waals surface area contributed by atoms with Crippen LogP contribution in [-0.4, -0.2) is 36.9 Å². The van der Waals surface area contributed by atoms with E-state index in [1.54, 1.807) is 12.0 Å². The van der Waals surface area contributed by atoms with E-state index >= 15 is 0 Å². The van der Waals surface area contributed by atoms with Crippen molar-refractivity contribution >= 4 is 11.8 Å². The lowest BCUT2D eigenvalue weighted by Gasteiger charge is -2.43. The van der Waals surface area contributed by atoms with Crippen LogP contribution in [0.3, 0.4) is 0 Å². The summed E-state index contributed by atoms with van der Waals surface area (Å²) in [4.78, 5) is 26.2. The molecule has 0 radical (unpaired) electrons. The van der Waals surface area contributed by atoms with Gasteiger partial charge < -0.3 is 15.0 Å². The molecular formula is C21H22F2N2O3. The van der Waals surface area contributed by atoms with E-state index < -0.39 is 17.2 Å².